The van der Waals surface area contributed by atoms with Crippen molar-refractivity contribution in [2.45, 2.75) is 0 Å². The van der Waals surface area contributed by atoms with Gasteiger partial charge in [0.05, 0.1) is 10.2 Å². The fraction of sp³-hybridized carbons (Fsp3) is 0.111. The van der Waals surface area contributed by atoms with Crippen LogP contribution >= 0.6 is 22.9 Å². The Labute approximate surface area is 89.7 Å². The van der Waals surface area contributed by atoms with E-state index in [1.807, 2.05) is 24.3 Å². The van der Waals surface area contributed by atoms with E-state index in [0.717, 1.165) is 10.2 Å². The molecule has 72 valence electrons. The average molecular weight is 227 g/mol. The fourth-order valence-corrected chi connectivity index (χ4v) is 2.03. The van der Waals surface area contributed by atoms with Crippen LogP contribution in [0.15, 0.2) is 24.3 Å². The van der Waals surface area contributed by atoms with Crippen LogP contribution in [0.3, 0.4) is 0 Å². The van der Waals surface area contributed by atoms with Crippen molar-refractivity contribution in [2.24, 2.45) is 0 Å². The number of rotatable bonds is 2. The largest absolute Gasteiger partial charge is 0.301 e. The minimum atomic E-state index is -0.231. The van der Waals surface area contributed by atoms with E-state index >= 15 is 0 Å². The molecule has 0 atom stereocenters. The van der Waals surface area contributed by atoms with Crippen LogP contribution in [0.4, 0.5) is 5.13 Å². The van der Waals surface area contributed by atoms with E-state index in [2.05, 4.69) is 10.3 Å². The predicted molar refractivity (Wildman–Crippen MR) is 59.0 cm³/mol. The maximum Gasteiger partial charge on any atom is 0.241 e. The topological polar surface area (TPSA) is 42.0 Å². The fourth-order valence-electron chi connectivity index (χ4n) is 1.08. The van der Waals surface area contributed by atoms with Crippen molar-refractivity contribution in [2.75, 3.05) is 11.2 Å². The monoisotopic (exact) mass is 226 g/mol. The summed E-state index contributed by atoms with van der Waals surface area (Å²) >= 11 is 6.80. The molecule has 0 bridgehead atoms. The highest BCUT2D eigenvalue weighted by molar-refractivity contribution is 7.22. The van der Waals surface area contributed by atoms with E-state index in [1.54, 1.807) is 0 Å². The number of benzene rings is 1. The second-order valence-electron chi connectivity index (χ2n) is 2.67. The van der Waals surface area contributed by atoms with Gasteiger partial charge in [0.15, 0.2) is 5.13 Å². The summed E-state index contributed by atoms with van der Waals surface area (Å²) in [5, 5.41) is 3.21. The van der Waals surface area contributed by atoms with E-state index in [4.69, 9.17) is 11.6 Å². The maximum atomic E-state index is 11.0. The molecule has 0 spiro atoms. The van der Waals surface area contributed by atoms with Gasteiger partial charge in [-0.3, -0.25) is 4.79 Å². The minimum absolute atomic E-state index is 0.0457. The SMILES string of the molecule is O=C(CCl)Nc1nc2ccccc2s1. The molecule has 1 aromatic heterocycles. The lowest BCUT2D eigenvalue weighted by atomic mass is 10.3. The van der Waals surface area contributed by atoms with Gasteiger partial charge in [-0.1, -0.05) is 23.5 Å². The first-order chi connectivity index (χ1) is 6.79. The number of halogens is 1. The molecule has 1 N–H and O–H groups in total. The average Bonchev–Trinajstić information content (AvgIpc) is 2.59. The Balaban J connectivity index is 2.31. The van der Waals surface area contributed by atoms with E-state index in [9.17, 15) is 4.79 Å². The highest BCUT2D eigenvalue weighted by atomic mass is 35.5. The van der Waals surface area contributed by atoms with Crippen LogP contribution in [-0.4, -0.2) is 16.8 Å². The van der Waals surface area contributed by atoms with E-state index < -0.39 is 0 Å². The van der Waals surface area contributed by atoms with Crippen molar-refractivity contribution in [1.82, 2.24) is 4.98 Å². The van der Waals surface area contributed by atoms with Crippen molar-refractivity contribution in [3.8, 4) is 0 Å². The van der Waals surface area contributed by atoms with E-state index in [0.29, 0.717) is 5.13 Å². The number of para-hydroxylation sites is 1. The molecule has 5 heteroatoms. The number of fused-ring (bicyclic) bond motifs is 1. The molecule has 2 aromatic rings. The second kappa shape index (κ2) is 3.94. The first-order valence-electron chi connectivity index (χ1n) is 4.01. The Bertz CT molecular complexity index is 436. The quantitative estimate of drug-likeness (QED) is 0.800. The molecule has 0 saturated carbocycles. The summed E-state index contributed by atoms with van der Waals surface area (Å²) in [6, 6.07) is 7.72. The van der Waals surface area contributed by atoms with Gasteiger partial charge in [0.1, 0.15) is 5.88 Å². The molecule has 0 aliphatic rings. The summed E-state index contributed by atoms with van der Waals surface area (Å²) in [5.74, 6) is -0.277. The Hall–Kier alpha value is -1.13. The summed E-state index contributed by atoms with van der Waals surface area (Å²) in [6.45, 7) is 0. The van der Waals surface area contributed by atoms with Gasteiger partial charge in [0.2, 0.25) is 5.91 Å². The highest BCUT2D eigenvalue weighted by Crippen LogP contribution is 2.25. The lowest BCUT2D eigenvalue weighted by molar-refractivity contribution is -0.113. The number of carbonyl (C=O) groups excluding carboxylic acids is 1. The van der Waals surface area contributed by atoms with Crippen LogP contribution in [0.1, 0.15) is 0 Å². The van der Waals surface area contributed by atoms with Gasteiger partial charge in [-0.05, 0) is 12.1 Å². The van der Waals surface area contributed by atoms with Crippen LogP contribution in [0.2, 0.25) is 0 Å². The molecular weight excluding hydrogens is 220 g/mol. The highest BCUT2D eigenvalue weighted by Gasteiger charge is 2.05. The lowest BCUT2D eigenvalue weighted by Crippen LogP contribution is -2.11. The zero-order valence-electron chi connectivity index (χ0n) is 7.16. The lowest BCUT2D eigenvalue weighted by Gasteiger charge is -1.94. The molecule has 0 aliphatic heterocycles. The number of carbonyl (C=O) groups is 1. The van der Waals surface area contributed by atoms with Crippen LogP contribution < -0.4 is 5.32 Å². The van der Waals surface area contributed by atoms with Gasteiger partial charge in [0.25, 0.3) is 0 Å². The van der Waals surface area contributed by atoms with Crippen LogP contribution in [0.25, 0.3) is 10.2 Å². The summed E-state index contributed by atoms with van der Waals surface area (Å²) in [7, 11) is 0. The van der Waals surface area contributed by atoms with Crippen molar-refractivity contribution < 1.29 is 4.79 Å². The van der Waals surface area contributed by atoms with Crippen molar-refractivity contribution in [1.29, 1.82) is 0 Å². The zero-order chi connectivity index (χ0) is 9.97. The molecule has 0 saturated heterocycles. The van der Waals surface area contributed by atoms with Gasteiger partial charge in [-0.25, -0.2) is 4.98 Å². The molecule has 2 rings (SSSR count). The molecule has 0 aliphatic carbocycles. The molecule has 0 unspecified atom stereocenters. The summed E-state index contributed by atoms with van der Waals surface area (Å²) in [5.41, 5.74) is 0.891. The molecular formula is C9H7ClN2OS. The van der Waals surface area contributed by atoms with Gasteiger partial charge in [0, 0.05) is 0 Å². The summed E-state index contributed by atoms with van der Waals surface area (Å²) in [4.78, 5) is 15.2. The van der Waals surface area contributed by atoms with Crippen molar-refractivity contribution >= 4 is 44.2 Å². The number of hydrogen-bond acceptors (Lipinski definition) is 3. The smallest absolute Gasteiger partial charge is 0.241 e. The third-order valence-electron chi connectivity index (χ3n) is 1.66. The number of anilines is 1. The Kier molecular flexibility index (Phi) is 2.65. The van der Waals surface area contributed by atoms with Crippen molar-refractivity contribution in [3.05, 3.63) is 24.3 Å². The van der Waals surface area contributed by atoms with Crippen LogP contribution in [0.5, 0.6) is 0 Å². The van der Waals surface area contributed by atoms with Crippen molar-refractivity contribution in [3.63, 3.8) is 0 Å². The number of aromatic nitrogens is 1. The first kappa shape index (κ1) is 9.43. The molecule has 0 radical (unpaired) electrons. The van der Waals surface area contributed by atoms with Gasteiger partial charge in [-0.15, -0.1) is 11.6 Å². The maximum absolute atomic E-state index is 11.0. The van der Waals surface area contributed by atoms with Gasteiger partial charge in [-0.2, -0.15) is 0 Å². The predicted octanol–water partition coefficient (Wildman–Crippen LogP) is 2.47. The number of nitrogens with zero attached hydrogens (tertiary/aromatic N) is 1. The number of thiazole rings is 1. The Morgan fingerprint density at radius 3 is 3.00 bits per heavy atom. The molecule has 1 aromatic carbocycles. The molecule has 1 amide bonds. The molecule has 1 heterocycles. The number of nitrogens with one attached hydrogen (secondary N) is 1. The molecule has 14 heavy (non-hydrogen) atoms. The Morgan fingerprint density at radius 2 is 2.29 bits per heavy atom. The third-order valence-corrected chi connectivity index (χ3v) is 2.86. The number of alkyl halides is 1. The van der Waals surface area contributed by atoms with Gasteiger partial charge < -0.3 is 5.32 Å². The van der Waals surface area contributed by atoms with Crippen LogP contribution in [0, 0.1) is 0 Å². The Morgan fingerprint density at radius 1 is 1.50 bits per heavy atom. The third kappa shape index (κ3) is 1.86. The summed E-state index contributed by atoms with van der Waals surface area (Å²) in [6.07, 6.45) is 0. The minimum Gasteiger partial charge on any atom is -0.301 e. The second-order valence-corrected chi connectivity index (χ2v) is 3.97. The zero-order valence-corrected chi connectivity index (χ0v) is 8.73. The molecule has 0 fully saturated rings. The number of amides is 1. The normalized spacial score (nSPS) is 10.4. The summed E-state index contributed by atoms with van der Waals surface area (Å²) < 4.78 is 1.05. The first-order valence-corrected chi connectivity index (χ1v) is 5.36. The van der Waals surface area contributed by atoms with Crippen LogP contribution in [-0.2, 0) is 4.79 Å². The molecule has 3 nitrogen and oxygen atoms in total. The standard InChI is InChI=1S/C9H7ClN2OS/c10-5-8(13)12-9-11-6-3-1-2-4-7(6)14-9/h1-4H,5H2,(H,11,12,13). The van der Waals surface area contributed by atoms with E-state index in [-0.39, 0.29) is 11.8 Å². The van der Waals surface area contributed by atoms with Gasteiger partial charge >= 0.3 is 0 Å². The van der Waals surface area contributed by atoms with E-state index in [1.165, 1.54) is 11.3 Å². The number of hydrogen-bond donors (Lipinski definition) is 1.